The van der Waals surface area contributed by atoms with Crippen molar-refractivity contribution in [1.29, 1.82) is 0 Å². The lowest BCUT2D eigenvalue weighted by molar-refractivity contribution is -0.130. The lowest BCUT2D eigenvalue weighted by Gasteiger charge is -2.36. The summed E-state index contributed by atoms with van der Waals surface area (Å²) in [6.45, 7) is 8.99. The first-order chi connectivity index (χ1) is 14.7. The first kappa shape index (κ1) is 21.7. The van der Waals surface area contributed by atoms with Gasteiger partial charge in [0.25, 0.3) is 0 Å². The molecule has 2 aromatic rings. The number of guanidine groups is 1. The monoisotopic (exact) mass is 408 g/mol. The number of nitrogens with zero attached hydrogens (tertiary/aromatic N) is 3. The molecular formula is C24H32N4O2. The zero-order valence-electron chi connectivity index (χ0n) is 18.0. The Kier molecular flexibility index (Phi) is 8.12. The van der Waals surface area contributed by atoms with Gasteiger partial charge in [0.05, 0.1) is 0 Å². The number of benzene rings is 2. The van der Waals surface area contributed by atoms with Gasteiger partial charge in [-0.15, -0.1) is 0 Å². The van der Waals surface area contributed by atoms with E-state index < -0.39 is 0 Å². The highest BCUT2D eigenvalue weighted by Gasteiger charge is 2.20. The maximum absolute atomic E-state index is 11.5. The minimum absolute atomic E-state index is 0.146. The summed E-state index contributed by atoms with van der Waals surface area (Å²) >= 11 is 0. The van der Waals surface area contributed by atoms with E-state index in [0.29, 0.717) is 6.61 Å². The van der Waals surface area contributed by atoms with Gasteiger partial charge in [0.1, 0.15) is 12.4 Å². The number of rotatable bonds is 7. The van der Waals surface area contributed by atoms with Gasteiger partial charge in [-0.3, -0.25) is 9.79 Å². The second-order valence-corrected chi connectivity index (χ2v) is 7.40. The summed E-state index contributed by atoms with van der Waals surface area (Å²) in [6.07, 6.45) is 0.876. The van der Waals surface area contributed by atoms with E-state index in [2.05, 4.69) is 41.4 Å². The van der Waals surface area contributed by atoms with Gasteiger partial charge in [-0.2, -0.15) is 0 Å². The molecular weight excluding hydrogens is 376 g/mol. The van der Waals surface area contributed by atoms with Crippen LogP contribution in [0.15, 0.2) is 59.6 Å². The number of aliphatic imine (C=N–C) groups is 1. The maximum atomic E-state index is 11.5. The lowest BCUT2D eigenvalue weighted by atomic mass is 10.1. The van der Waals surface area contributed by atoms with Crippen molar-refractivity contribution in [3.05, 3.63) is 65.7 Å². The van der Waals surface area contributed by atoms with Gasteiger partial charge in [-0.25, -0.2) is 0 Å². The van der Waals surface area contributed by atoms with Gasteiger partial charge < -0.3 is 19.9 Å². The molecule has 0 radical (unpaired) electrons. The van der Waals surface area contributed by atoms with Crippen LogP contribution < -0.4 is 10.1 Å². The van der Waals surface area contributed by atoms with Crippen LogP contribution in [0.25, 0.3) is 0 Å². The topological polar surface area (TPSA) is 57.2 Å². The van der Waals surface area contributed by atoms with Gasteiger partial charge >= 0.3 is 0 Å². The van der Waals surface area contributed by atoms with E-state index in [4.69, 9.17) is 9.73 Å². The molecule has 6 nitrogen and oxygen atoms in total. The summed E-state index contributed by atoms with van der Waals surface area (Å²) in [4.78, 5) is 20.4. The molecule has 160 valence electrons. The fourth-order valence-corrected chi connectivity index (χ4v) is 3.44. The highest BCUT2D eigenvalue weighted by Crippen LogP contribution is 2.15. The summed E-state index contributed by atoms with van der Waals surface area (Å²) in [5, 5.41) is 3.38. The zero-order chi connectivity index (χ0) is 21.2. The summed E-state index contributed by atoms with van der Waals surface area (Å²) < 4.78 is 5.85. The highest BCUT2D eigenvalue weighted by atomic mass is 16.5. The van der Waals surface area contributed by atoms with Crippen LogP contribution in [0, 0.1) is 0 Å². The van der Waals surface area contributed by atoms with Crippen molar-refractivity contribution in [2.24, 2.45) is 4.99 Å². The van der Waals surface area contributed by atoms with E-state index in [1.165, 1.54) is 5.56 Å². The molecule has 6 heteroatoms. The quantitative estimate of drug-likeness (QED) is 0.565. The van der Waals surface area contributed by atoms with Gasteiger partial charge in [-0.1, -0.05) is 42.5 Å². The molecule has 1 amide bonds. The van der Waals surface area contributed by atoms with Crippen molar-refractivity contribution in [3.8, 4) is 5.75 Å². The molecule has 0 saturated carbocycles. The molecule has 0 spiro atoms. The summed E-state index contributed by atoms with van der Waals surface area (Å²) in [5.74, 6) is 1.96. The average Bonchev–Trinajstić information content (AvgIpc) is 2.79. The fraction of sp³-hybridized carbons (Fsp3) is 0.417. The predicted molar refractivity (Wildman–Crippen MR) is 121 cm³/mol. The smallest absolute Gasteiger partial charge is 0.219 e. The Morgan fingerprint density at radius 2 is 1.63 bits per heavy atom. The minimum atomic E-state index is 0.146. The molecule has 30 heavy (non-hydrogen) atoms. The molecule has 0 aromatic heterocycles. The molecule has 1 saturated heterocycles. The maximum Gasteiger partial charge on any atom is 0.219 e. The summed E-state index contributed by atoms with van der Waals surface area (Å²) in [5.41, 5.74) is 2.40. The Hall–Kier alpha value is -3.02. The molecule has 1 aliphatic heterocycles. The molecule has 0 bridgehead atoms. The first-order valence-corrected chi connectivity index (χ1v) is 10.7. The summed E-state index contributed by atoms with van der Waals surface area (Å²) in [7, 11) is 0. The second-order valence-electron chi connectivity index (χ2n) is 7.40. The molecule has 1 heterocycles. The second kappa shape index (κ2) is 11.2. The van der Waals surface area contributed by atoms with Crippen LogP contribution in [-0.4, -0.2) is 60.9 Å². The molecule has 3 rings (SSSR count). The van der Waals surface area contributed by atoms with Gasteiger partial charge in [0.2, 0.25) is 5.91 Å². The van der Waals surface area contributed by atoms with E-state index in [0.717, 1.165) is 63.0 Å². The summed E-state index contributed by atoms with van der Waals surface area (Å²) in [6, 6.07) is 18.4. The van der Waals surface area contributed by atoms with Crippen molar-refractivity contribution < 1.29 is 9.53 Å². The van der Waals surface area contributed by atoms with Gasteiger partial charge in [-0.05, 0) is 36.6 Å². The first-order valence-electron chi connectivity index (χ1n) is 10.7. The van der Waals surface area contributed by atoms with Gasteiger partial charge in [0, 0.05) is 46.2 Å². The molecule has 0 unspecified atom stereocenters. The molecule has 1 aliphatic rings. The van der Waals surface area contributed by atoms with E-state index >= 15 is 0 Å². The number of hydrogen-bond acceptors (Lipinski definition) is 3. The van der Waals surface area contributed by atoms with Gasteiger partial charge in [0.15, 0.2) is 5.96 Å². The Labute approximate surface area is 179 Å². The number of nitrogens with one attached hydrogen (secondary N) is 1. The average molecular weight is 409 g/mol. The molecule has 1 N–H and O–H groups in total. The van der Waals surface area contributed by atoms with Crippen LogP contribution in [0.4, 0.5) is 0 Å². The highest BCUT2D eigenvalue weighted by molar-refractivity contribution is 5.80. The van der Waals surface area contributed by atoms with Crippen molar-refractivity contribution in [3.63, 3.8) is 0 Å². The minimum Gasteiger partial charge on any atom is -0.489 e. The normalized spacial score (nSPS) is 14.5. The number of amides is 1. The number of piperazine rings is 1. The van der Waals surface area contributed by atoms with Crippen molar-refractivity contribution in [1.82, 2.24) is 15.1 Å². The number of carbonyl (C=O) groups is 1. The van der Waals surface area contributed by atoms with E-state index in [9.17, 15) is 4.79 Å². The third-order valence-electron chi connectivity index (χ3n) is 5.19. The van der Waals surface area contributed by atoms with E-state index in [-0.39, 0.29) is 5.91 Å². The fourth-order valence-electron chi connectivity index (χ4n) is 3.44. The van der Waals surface area contributed by atoms with Crippen molar-refractivity contribution in [2.75, 3.05) is 39.3 Å². The standard InChI is InChI=1S/C24H32N4O2/c1-3-25-24(28-17-15-27(16-18-28)20(2)29)26-14-13-21-9-11-23(12-10-21)30-19-22-7-5-4-6-8-22/h4-12H,3,13-19H2,1-2H3,(H,25,26). The molecule has 0 atom stereocenters. The number of ether oxygens (including phenoxy) is 1. The third kappa shape index (κ3) is 6.51. The Balaban J connectivity index is 1.48. The third-order valence-corrected chi connectivity index (χ3v) is 5.19. The van der Waals surface area contributed by atoms with Crippen molar-refractivity contribution in [2.45, 2.75) is 26.9 Å². The van der Waals surface area contributed by atoms with Crippen LogP contribution in [0.2, 0.25) is 0 Å². The van der Waals surface area contributed by atoms with Crippen LogP contribution in [0.1, 0.15) is 25.0 Å². The van der Waals surface area contributed by atoms with E-state index in [1.807, 2.05) is 35.2 Å². The van der Waals surface area contributed by atoms with Crippen LogP contribution in [0.5, 0.6) is 5.75 Å². The predicted octanol–water partition coefficient (Wildman–Crippen LogP) is 2.94. The molecule has 2 aromatic carbocycles. The van der Waals surface area contributed by atoms with Crippen LogP contribution >= 0.6 is 0 Å². The van der Waals surface area contributed by atoms with Crippen LogP contribution in [0.3, 0.4) is 0 Å². The van der Waals surface area contributed by atoms with E-state index in [1.54, 1.807) is 6.92 Å². The molecule has 0 aliphatic carbocycles. The Morgan fingerprint density at radius 3 is 2.27 bits per heavy atom. The largest absolute Gasteiger partial charge is 0.489 e. The lowest BCUT2D eigenvalue weighted by Crippen LogP contribution is -2.53. The molecule has 1 fully saturated rings. The Bertz CT molecular complexity index is 813. The Morgan fingerprint density at radius 1 is 0.967 bits per heavy atom. The van der Waals surface area contributed by atoms with Crippen LogP contribution in [-0.2, 0) is 17.8 Å². The zero-order valence-corrected chi connectivity index (χ0v) is 18.0. The SMILES string of the molecule is CCNC(=NCCc1ccc(OCc2ccccc2)cc1)N1CCN(C(C)=O)CC1. The number of hydrogen-bond donors (Lipinski definition) is 1. The van der Waals surface area contributed by atoms with Crippen molar-refractivity contribution >= 4 is 11.9 Å². The number of carbonyl (C=O) groups excluding carboxylic acids is 1.